The van der Waals surface area contributed by atoms with E-state index < -0.39 is 0 Å². The van der Waals surface area contributed by atoms with Crippen LogP contribution in [0, 0.1) is 0 Å². The lowest BCUT2D eigenvalue weighted by Crippen LogP contribution is -2.33. The van der Waals surface area contributed by atoms with Gasteiger partial charge in [-0.15, -0.1) is 0 Å². The van der Waals surface area contributed by atoms with Gasteiger partial charge in [-0.1, -0.05) is 143 Å². The number of anilines is 2. The first-order chi connectivity index (χ1) is 21.0. The van der Waals surface area contributed by atoms with Crippen molar-refractivity contribution < 1.29 is 0 Å². The van der Waals surface area contributed by atoms with Crippen molar-refractivity contribution in [2.75, 3.05) is 16.6 Å². The first-order valence-corrected chi connectivity index (χ1v) is 17.7. The topological polar surface area (TPSA) is 18.8 Å². The third kappa shape index (κ3) is 8.33. The summed E-state index contributed by atoms with van der Waals surface area (Å²) in [6.07, 6.45) is 0. The smallest absolute Gasteiger partial charge is 0.162 e. The molecule has 0 bridgehead atoms. The summed E-state index contributed by atoms with van der Waals surface area (Å²) < 4.78 is 0. The molecule has 3 nitrogen and oxygen atoms in total. The molecule has 0 fully saturated rings. The molecule has 47 heavy (non-hydrogen) atoms. The van der Waals surface area contributed by atoms with Crippen molar-refractivity contribution in [1.82, 2.24) is 0 Å². The van der Waals surface area contributed by atoms with Gasteiger partial charge in [0, 0.05) is 11.3 Å². The minimum Gasteiger partial charge on any atom is -0.304 e. The molecule has 0 aromatic heterocycles. The molecule has 0 unspecified atom stereocenters. The van der Waals surface area contributed by atoms with E-state index in [-0.39, 0.29) is 32.5 Å². The van der Waals surface area contributed by atoms with Crippen LogP contribution >= 0.6 is 0 Å². The zero-order valence-corrected chi connectivity index (χ0v) is 33.2. The maximum Gasteiger partial charge on any atom is 0.162 e. The van der Waals surface area contributed by atoms with E-state index in [1.54, 1.807) is 0 Å². The molecule has 0 aliphatic carbocycles. The average molecular weight is 636 g/mol. The summed E-state index contributed by atoms with van der Waals surface area (Å²) in [5.41, 5.74) is 11.7. The molecule has 3 aromatic carbocycles. The van der Waals surface area contributed by atoms with Crippen molar-refractivity contribution in [3.05, 3.63) is 93.5 Å². The van der Waals surface area contributed by atoms with Gasteiger partial charge in [-0.3, -0.25) is 0 Å². The van der Waals surface area contributed by atoms with Crippen molar-refractivity contribution in [2.24, 2.45) is 5.10 Å². The lowest BCUT2D eigenvalue weighted by atomic mass is 9.79. The van der Waals surface area contributed by atoms with Crippen LogP contribution in [0.1, 0.15) is 164 Å². The second kappa shape index (κ2) is 11.8. The molecule has 1 aliphatic heterocycles. The first kappa shape index (κ1) is 36.8. The molecule has 0 saturated carbocycles. The van der Waals surface area contributed by atoms with Crippen LogP contribution in [-0.4, -0.2) is 12.5 Å². The Labute approximate surface area is 288 Å². The largest absolute Gasteiger partial charge is 0.304 e. The Kier molecular flexibility index (Phi) is 9.24. The van der Waals surface area contributed by atoms with Gasteiger partial charge in [-0.2, -0.15) is 5.10 Å². The van der Waals surface area contributed by atoms with Gasteiger partial charge in [0.05, 0.1) is 5.69 Å². The second-order valence-electron chi connectivity index (χ2n) is 20.2. The summed E-state index contributed by atoms with van der Waals surface area (Å²) in [6.45, 7) is 42.3. The fraction of sp³-hybridized carbons (Fsp3) is 0.568. The Morgan fingerprint density at radius 1 is 0.383 bits per heavy atom. The van der Waals surface area contributed by atoms with E-state index in [0.29, 0.717) is 6.67 Å². The molecule has 1 aliphatic rings. The molecule has 1 heterocycles. The monoisotopic (exact) mass is 636 g/mol. The van der Waals surface area contributed by atoms with Crippen molar-refractivity contribution in [1.29, 1.82) is 0 Å². The Morgan fingerprint density at radius 2 is 0.660 bits per heavy atom. The number of amidine groups is 1. The van der Waals surface area contributed by atoms with Gasteiger partial charge < -0.3 is 4.90 Å². The lowest BCUT2D eigenvalue weighted by Gasteiger charge is -2.31. The summed E-state index contributed by atoms with van der Waals surface area (Å²) >= 11 is 0. The highest BCUT2D eigenvalue weighted by atomic mass is 15.6. The molecule has 0 atom stereocenters. The van der Waals surface area contributed by atoms with Crippen LogP contribution in [0.15, 0.2) is 59.7 Å². The van der Waals surface area contributed by atoms with Gasteiger partial charge in [-0.25, -0.2) is 5.01 Å². The van der Waals surface area contributed by atoms with Crippen LogP contribution in [0.5, 0.6) is 0 Å². The Bertz CT molecular complexity index is 1550. The summed E-state index contributed by atoms with van der Waals surface area (Å²) in [7, 11) is 0. The molecular weight excluding hydrogens is 571 g/mol. The van der Waals surface area contributed by atoms with Crippen molar-refractivity contribution >= 4 is 17.2 Å². The number of nitrogens with zero attached hydrogens (tertiary/aromatic N) is 3. The van der Waals surface area contributed by atoms with Crippen LogP contribution < -0.4 is 9.91 Å². The molecule has 0 radical (unpaired) electrons. The van der Waals surface area contributed by atoms with Crippen molar-refractivity contribution in [2.45, 2.75) is 157 Å². The minimum atomic E-state index is 0.00783. The summed E-state index contributed by atoms with van der Waals surface area (Å²) in [5, 5.41) is 7.78. The molecule has 0 saturated heterocycles. The van der Waals surface area contributed by atoms with E-state index in [2.05, 4.69) is 189 Å². The maximum absolute atomic E-state index is 5.54. The molecule has 0 amide bonds. The number of benzene rings is 3. The first-order valence-electron chi connectivity index (χ1n) is 17.7. The number of rotatable bonds is 3. The fourth-order valence-corrected chi connectivity index (χ4v) is 5.84. The van der Waals surface area contributed by atoms with E-state index in [1.807, 2.05) is 0 Å². The number of hydrogen-bond donors (Lipinski definition) is 0. The van der Waals surface area contributed by atoms with Gasteiger partial charge >= 0.3 is 0 Å². The van der Waals surface area contributed by atoms with Gasteiger partial charge in [0.15, 0.2) is 5.84 Å². The quantitative estimate of drug-likeness (QED) is 0.285. The number of hydrogen-bond acceptors (Lipinski definition) is 3. The molecule has 256 valence electrons. The third-order valence-electron chi connectivity index (χ3n) is 9.58. The second-order valence-corrected chi connectivity index (χ2v) is 20.2. The third-order valence-corrected chi connectivity index (χ3v) is 9.58. The van der Waals surface area contributed by atoms with Gasteiger partial charge in [-0.05, 0) is 102 Å². The summed E-state index contributed by atoms with van der Waals surface area (Å²) in [4.78, 5) is 2.46. The van der Waals surface area contributed by atoms with Crippen molar-refractivity contribution in [3.8, 4) is 0 Å². The molecule has 0 N–H and O–H groups in total. The highest BCUT2D eigenvalue weighted by Gasteiger charge is 2.33. The SMILES string of the molecule is CC(C)(C)c1cc(C2=NN(c3cc(C(C)(C)C)cc(C(C)(C)C)c3)CN2c2cc(C(C)(C)C)cc(C(C)(C)C)c2)cc(C(C)(C)C)c1. The van der Waals surface area contributed by atoms with Crippen LogP contribution in [0.2, 0.25) is 0 Å². The fourth-order valence-electron chi connectivity index (χ4n) is 5.84. The zero-order chi connectivity index (χ0) is 35.7. The van der Waals surface area contributed by atoms with E-state index in [4.69, 9.17) is 5.10 Å². The van der Waals surface area contributed by atoms with Crippen LogP contribution in [0.25, 0.3) is 0 Å². The Hall–Kier alpha value is -3.07. The average Bonchev–Trinajstić information content (AvgIpc) is 3.35. The van der Waals surface area contributed by atoms with Crippen LogP contribution in [0.3, 0.4) is 0 Å². The zero-order valence-electron chi connectivity index (χ0n) is 33.2. The van der Waals surface area contributed by atoms with Crippen molar-refractivity contribution in [3.63, 3.8) is 0 Å². The molecule has 3 heteroatoms. The minimum absolute atomic E-state index is 0.00783. The van der Waals surface area contributed by atoms with E-state index >= 15 is 0 Å². The molecule has 4 rings (SSSR count). The Balaban J connectivity index is 2.05. The standard InChI is InChI=1S/C44H65N3/c1-39(2,3)30-19-29(20-31(21-30)40(4,5)6)38-45-47(37-26-34(43(13,14)15)23-35(27-37)44(16,17)18)28-46(38)36-24-32(41(7,8)9)22-33(25-36)42(10,11)12/h19-27H,28H2,1-18H3. The van der Waals surface area contributed by atoms with Gasteiger partial charge in [0.1, 0.15) is 6.67 Å². The van der Waals surface area contributed by atoms with E-state index in [1.165, 1.54) is 44.6 Å². The molecule has 0 spiro atoms. The lowest BCUT2D eigenvalue weighted by molar-refractivity contribution is 0.567. The predicted molar refractivity (Wildman–Crippen MR) is 208 cm³/mol. The van der Waals surface area contributed by atoms with E-state index in [9.17, 15) is 0 Å². The summed E-state index contributed by atoms with van der Waals surface area (Å²) in [6, 6.07) is 21.5. The van der Waals surface area contributed by atoms with Gasteiger partial charge in [0.2, 0.25) is 0 Å². The highest BCUT2D eigenvalue weighted by Crippen LogP contribution is 2.39. The van der Waals surface area contributed by atoms with Gasteiger partial charge in [0.25, 0.3) is 0 Å². The summed E-state index contributed by atoms with van der Waals surface area (Å²) in [5.74, 6) is 1.01. The van der Waals surface area contributed by atoms with E-state index in [0.717, 1.165) is 11.5 Å². The normalized spacial score (nSPS) is 15.4. The molecular formula is C44H65N3. The molecule has 3 aromatic rings. The van der Waals surface area contributed by atoms with Crippen LogP contribution in [0.4, 0.5) is 11.4 Å². The predicted octanol–water partition coefficient (Wildman–Crippen LogP) is 12.1. The maximum atomic E-state index is 5.54. The number of hydrazone groups is 1. The van der Waals surface area contributed by atoms with Crippen LogP contribution in [-0.2, 0) is 32.5 Å². The highest BCUT2D eigenvalue weighted by molar-refractivity contribution is 6.12. The Morgan fingerprint density at radius 3 is 0.957 bits per heavy atom.